The Morgan fingerprint density at radius 3 is 2.47 bits per heavy atom. The number of likely N-dealkylation sites (N-methyl/N-ethyl adjacent to an activating group) is 1. The number of ether oxygens (including phenoxy) is 1. The number of aryl methyl sites for hydroxylation is 1. The molecule has 0 amide bonds. The van der Waals surface area contributed by atoms with E-state index in [9.17, 15) is 0 Å². The molecule has 0 bridgehead atoms. The monoisotopic (exact) mass is 275 g/mol. The molecule has 0 aliphatic heterocycles. The fraction of sp³-hybridized carbons (Fsp3) is 0.250. The molecule has 2 rings (SSSR count). The normalized spacial score (nSPS) is 12.2. The number of rotatable bonds is 5. The third-order valence-corrected chi connectivity index (χ3v) is 3.47. The Hall–Kier alpha value is -1.51. The molecule has 19 heavy (non-hydrogen) atoms. The van der Waals surface area contributed by atoms with Gasteiger partial charge in [-0.05, 0) is 37.2 Å². The fourth-order valence-electron chi connectivity index (χ4n) is 2.04. The minimum Gasteiger partial charge on any atom is -0.490 e. The van der Waals surface area contributed by atoms with E-state index in [4.69, 9.17) is 16.3 Å². The first-order valence-corrected chi connectivity index (χ1v) is 6.70. The Labute approximate surface area is 119 Å². The van der Waals surface area contributed by atoms with Crippen molar-refractivity contribution < 1.29 is 4.74 Å². The average Bonchev–Trinajstić information content (AvgIpc) is 2.43. The van der Waals surface area contributed by atoms with Gasteiger partial charge in [0.05, 0.1) is 11.1 Å². The van der Waals surface area contributed by atoms with Crippen LogP contribution in [0, 0.1) is 6.92 Å². The van der Waals surface area contributed by atoms with Crippen LogP contribution in [0.3, 0.4) is 0 Å². The lowest BCUT2D eigenvalue weighted by atomic mass is 10.0. The second-order valence-corrected chi connectivity index (χ2v) is 4.85. The number of hydrogen-bond donors (Lipinski definition) is 1. The maximum Gasteiger partial charge on any atom is 0.137 e. The summed E-state index contributed by atoms with van der Waals surface area (Å²) in [5, 5.41) is 3.92. The van der Waals surface area contributed by atoms with Crippen LogP contribution < -0.4 is 10.1 Å². The number of halogens is 1. The minimum absolute atomic E-state index is 0.150. The van der Waals surface area contributed by atoms with E-state index < -0.39 is 0 Å². The lowest BCUT2D eigenvalue weighted by Gasteiger charge is -2.19. The summed E-state index contributed by atoms with van der Waals surface area (Å²) in [6.07, 6.45) is 0. The van der Waals surface area contributed by atoms with E-state index in [-0.39, 0.29) is 6.04 Å². The first-order valence-electron chi connectivity index (χ1n) is 6.32. The molecule has 0 fully saturated rings. The van der Waals surface area contributed by atoms with Crippen LogP contribution in [0.2, 0.25) is 5.02 Å². The van der Waals surface area contributed by atoms with E-state index in [1.807, 2.05) is 43.4 Å². The number of nitrogens with one attached hydrogen (secondary N) is 1. The number of para-hydroxylation sites is 1. The molecule has 100 valence electrons. The molecule has 1 unspecified atom stereocenters. The van der Waals surface area contributed by atoms with Crippen molar-refractivity contribution in [3.8, 4) is 5.75 Å². The second kappa shape index (κ2) is 6.60. The summed E-state index contributed by atoms with van der Waals surface area (Å²) in [6, 6.07) is 16.0. The highest BCUT2D eigenvalue weighted by atomic mass is 35.5. The Balaban J connectivity index is 2.09. The molecule has 0 aliphatic carbocycles. The predicted molar refractivity (Wildman–Crippen MR) is 79.9 cm³/mol. The lowest BCUT2D eigenvalue weighted by Crippen LogP contribution is -2.24. The summed E-state index contributed by atoms with van der Waals surface area (Å²) in [5.74, 6) is 0.720. The van der Waals surface area contributed by atoms with Crippen LogP contribution in [-0.2, 0) is 0 Å². The molecule has 1 atom stereocenters. The van der Waals surface area contributed by atoms with E-state index in [1.54, 1.807) is 0 Å². The van der Waals surface area contributed by atoms with Gasteiger partial charge >= 0.3 is 0 Å². The van der Waals surface area contributed by atoms with Gasteiger partial charge in [0.1, 0.15) is 12.4 Å². The zero-order valence-corrected chi connectivity index (χ0v) is 11.9. The van der Waals surface area contributed by atoms with Crippen molar-refractivity contribution in [2.75, 3.05) is 13.7 Å². The summed E-state index contributed by atoms with van der Waals surface area (Å²) in [5.41, 5.74) is 2.50. The molecule has 2 aromatic rings. The van der Waals surface area contributed by atoms with Crippen LogP contribution in [0.4, 0.5) is 0 Å². The molecule has 3 heteroatoms. The van der Waals surface area contributed by atoms with Gasteiger partial charge in [0, 0.05) is 0 Å². The van der Waals surface area contributed by atoms with E-state index in [0.29, 0.717) is 11.6 Å². The largest absolute Gasteiger partial charge is 0.490 e. The summed E-state index contributed by atoms with van der Waals surface area (Å²) in [7, 11) is 1.94. The van der Waals surface area contributed by atoms with Crippen LogP contribution in [0.25, 0.3) is 0 Å². The summed E-state index contributed by atoms with van der Waals surface area (Å²) >= 11 is 6.08. The highest BCUT2D eigenvalue weighted by Gasteiger charge is 2.12. The van der Waals surface area contributed by atoms with Crippen molar-refractivity contribution >= 4 is 11.6 Å². The zero-order valence-electron chi connectivity index (χ0n) is 11.2. The third kappa shape index (κ3) is 3.49. The molecule has 2 nitrogen and oxygen atoms in total. The maximum atomic E-state index is 6.08. The fourth-order valence-corrected chi connectivity index (χ4v) is 2.23. The zero-order chi connectivity index (χ0) is 13.7. The van der Waals surface area contributed by atoms with E-state index in [1.165, 1.54) is 11.1 Å². The molecular formula is C16H18ClNO. The summed E-state index contributed by atoms with van der Waals surface area (Å²) in [4.78, 5) is 0. The number of hydrogen-bond acceptors (Lipinski definition) is 2. The highest BCUT2D eigenvalue weighted by Crippen LogP contribution is 2.25. The third-order valence-electron chi connectivity index (χ3n) is 3.15. The molecule has 0 saturated heterocycles. The van der Waals surface area contributed by atoms with E-state index >= 15 is 0 Å². The molecule has 1 N–H and O–H groups in total. The highest BCUT2D eigenvalue weighted by molar-refractivity contribution is 6.32. The van der Waals surface area contributed by atoms with Gasteiger partial charge in [-0.1, -0.05) is 48.0 Å². The minimum atomic E-state index is 0.150. The van der Waals surface area contributed by atoms with E-state index in [2.05, 4.69) is 24.4 Å². The second-order valence-electron chi connectivity index (χ2n) is 4.44. The molecular weight excluding hydrogens is 258 g/mol. The summed E-state index contributed by atoms with van der Waals surface area (Å²) < 4.78 is 5.80. The topological polar surface area (TPSA) is 21.3 Å². The molecule has 0 spiro atoms. The smallest absolute Gasteiger partial charge is 0.137 e. The molecule has 2 aromatic carbocycles. The molecule has 0 aliphatic rings. The Morgan fingerprint density at radius 1 is 1.11 bits per heavy atom. The molecule has 0 aromatic heterocycles. The average molecular weight is 276 g/mol. The standard InChI is InChI=1S/C16H18ClNO/c1-12-7-3-4-8-13(12)15(18-2)11-19-16-10-6-5-9-14(16)17/h3-10,15,18H,11H2,1-2H3. The molecule has 0 saturated carbocycles. The molecule has 0 radical (unpaired) electrons. The van der Waals surface area contributed by atoms with Crippen LogP contribution in [0.5, 0.6) is 5.75 Å². The van der Waals surface area contributed by atoms with Gasteiger partial charge < -0.3 is 10.1 Å². The van der Waals surface area contributed by atoms with Gasteiger partial charge in [-0.15, -0.1) is 0 Å². The van der Waals surface area contributed by atoms with Crippen molar-refractivity contribution in [1.82, 2.24) is 5.32 Å². The Kier molecular flexibility index (Phi) is 4.83. The predicted octanol–water partition coefficient (Wildman–Crippen LogP) is 3.99. The Morgan fingerprint density at radius 2 is 1.79 bits per heavy atom. The van der Waals surface area contributed by atoms with Gasteiger partial charge in [0.25, 0.3) is 0 Å². The number of benzene rings is 2. The Bertz CT molecular complexity index is 542. The van der Waals surface area contributed by atoms with Crippen LogP contribution in [0.15, 0.2) is 48.5 Å². The van der Waals surface area contributed by atoms with Gasteiger partial charge in [0.15, 0.2) is 0 Å². The van der Waals surface area contributed by atoms with Crippen molar-refractivity contribution in [3.63, 3.8) is 0 Å². The van der Waals surface area contributed by atoms with Crippen molar-refractivity contribution in [1.29, 1.82) is 0 Å². The van der Waals surface area contributed by atoms with Gasteiger partial charge in [0.2, 0.25) is 0 Å². The van der Waals surface area contributed by atoms with Gasteiger partial charge in [-0.3, -0.25) is 0 Å². The molecule has 0 heterocycles. The first-order chi connectivity index (χ1) is 9.22. The van der Waals surface area contributed by atoms with Gasteiger partial charge in [-0.25, -0.2) is 0 Å². The van der Waals surface area contributed by atoms with Crippen LogP contribution in [0.1, 0.15) is 17.2 Å². The van der Waals surface area contributed by atoms with Crippen molar-refractivity contribution in [2.45, 2.75) is 13.0 Å². The SMILES string of the molecule is CNC(COc1ccccc1Cl)c1ccccc1C. The van der Waals surface area contributed by atoms with Crippen LogP contribution >= 0.6 is 11.6 Å². The maximum absolute atomic E-state index is 6.08. The summed E-state index contributed by atoms with van der Waals surface area (Å²) in [6.45, 7) is 2.65. The van der Waals surface area contributed by atoms with Crippen molar-refractivity contribution in [2.24, 2.45) is 0 Å². The first kappa shape index (κ1) is 13.9. The van der Waals surface area contributed by atoms with Crippen molar-refractivity contribution in [3.05, 3.63) is 64.7 Å². The quantitative estimate of drug-likeness (QED) is 0.891. The van der Waals surface area contributed by atoms with E-state index in [0.717, 1.165) is 5.75 Å². The van der Waals surface area contributed by atoms with Gasteiger partial charge in [-0.2, -0.15) is 0 Å². The lowest BCUT2D eigenvalue weighted by molar-refractivity contribution is 0.273. The van der Waals surface area contributed by atoms with Crippen LogP contribution in [-0.4, -0.2) is 13.7 Å².